The molecule has 0 atom stereocenters. The molecule has 0 bridgehead atoms. The largest absolute Gasteiger partial charge is 0.424 e. The number of nitrogens with zero attached hydrogens (tertiary/aromatic N) is 6. The van der Waals surface area contributed by atoms with Gasteiger partial charge in [0.15, 0.2) is 5.13 Å². The predicted octanol–water partition coefficient (Wildman–Crippen LogP) is 7.61. The Balaban J connectivity index is 1.09. The van der Waals surface area contributed by atoms with E-state index in [1.165, 1.54) is 23.7 Å². The minimum absolute atomic E-state index is 0.118. The first-order valence-electron chi connectivity index (χ1n) is 14.3. The lowest BCUT2D eigenvalue weighted by Crippen LogP contribution is -2.23. The second-order valence-electron chi connectivity index (χ2n) is 11.6. The van der Waals surface area contributed by atoms with Crippen LogP contribution in [0.1, 0.15) is 44.9 Å². The molecule has 45 heavy (non-hydrogen) atoms. The molecule has 11 nitrogen and oxygen atoms in total. The van der Waals surface area contributed by atoms with Crippen LogP contribution in [0.2, 0.25) is 5.02 Å². The summed E-state index contributed by atoms with van der Waals surface area (Å²) in [5.41, 5.74) is 3.56. The number of anilines is 3. The van der Waals surface area contributed by atoms with Crippen LogP contribution in [-0.4, -0.2) is 43.2 Å². The van der Waals surface area contributed by atoms with Gasteiger partial charge in [0.25, 0.3) is 0 Å². The van der Waals surface area contributed by atoms with Gasteiger partial charge < -0.3 is 10.1 Å². The lowest BCUT2D eigenvalue weighted by Gasteiger charge is -2.14. The fourth-order valence-corrected chi connectivity index (χ4v) is 5.96. The van der Waals surface area contributed by atoms with Gasteiger partial charge in [-0.25, -0.2) is 24.4 Å². The Morgan fingerprint density at radius 1 is 1.00 bits per heavy atom. The van der Waals surface area contributed by atoms with Crippen molar-refractivity contribution in [2.24, 2.45) is 0 Å². The molecule has 2 aromatic carbocycles. The van der Waals surface area contributed by atoms with Crippen molar-refractivity contribution in [1.82, 2.24) is 24.7 Å². The van der Waals surface area contributed by atoms with E-state index < -0.39 is 6.03 Å². The van der Waals surface area contributed by atoms with Crippen molar-refractivity contribution in [2.45, 2.75) is 46.0 Å². The number of benzene rings is 2. The van der Waals surface area contributed by atoms with E-state index in [0.717, 1.165) is 33.3 Å². The number of halogens is 1. The molecule has 0 unspecified atom stereocenters. The maximum Gasteiger partial charge on any atom is 0.324 e. The minimum Gasteiger partial charge on any atom is -0.424 e. The van der Waals surface area contributed by atoms with Gasteiger partial charge in [-0.3, -0.25) is 15.0 Å². The molecule has 1 fully saturated rings. The third-order valence-electron chi connectivity index (χ3n) is 7.08. The predicted molar refractivity (Wildman–Crippen MR) is 176 cm³/mol. The summed E-state index contributed by atoms with van der Waals surface area (Å²) in [6.45, 7) is 8.81. The van der Waals surface area contributed by atoms with E-state index in [1.807, 2.05) is 76.2 Å². The molecule has 230 valence electrons. The maximum absolute atomic E-state index is 13.0. The highest BCUT2D eigenvalue weighted by Crippen LogP contribution is 2.34. The Bertz CT molecular complexity index is 1860. The number of amides is 3. The molecule has 13 heteroatoms. The van der Waals surface area contributed by atoms with Gasteiger partial charge in [0.05, 0.1) is 39.4 Å². The fraction of sp³-hybridized carbons (Fsp3) is 0.250. The zero-order valence-electron chi connectivity index (χ0n) is 25.2. The van der Waals surface area contributed by atoms with Gasteiger partial charge in [-0.15, -0.1) is 0 Å². The van der Waals surface area contributed by atoms with Gasteiger partial charge in [0, 0.05) is 30.6 Å². The highest BCUT2D eigenvalue weighted by Gasteiger charge is 2.25. The van der Waals surface area contributed by atoms with E-state index in [2.05, 4.69) is 25.6 Å². The number of thiazole rings is 1. The van der Waals surface area contributed by atoms with Crippen LogP contribution in [-0.2, 0) is 10.2 Å². The number of ether oxygens (including phenoxy) is 1. The van der Waals surface area contributed by atoms with Gasteiger partial charge >= 0.3 is 12.0 Å². The Morgan fingerprint density at radius 3 is 2.42 bits per heavy atom. The molecule has 6 rings (SSSR count). The number of carbonyl (C=O) groups excluding carboxylic acids is 2. The van der Waals surface area contributed by atoms with Crippen molar-refractivity contribution in [2.75, 3.05) is 22.1 Å². The van der Waals surface area contributed by atoms with Gasteiger partial charge in [-0.1, -0.05) is 49.8 Å². The summed E-state index contributed by atoms with van der Waals surface area (Å²) in [7, 11) is 0. The second-order valence-corrected chi connectivity index (χ2v) is 13.1. The smallest absolute Gasteiger partial charge is 0.324 e. The third-order valence-corrected chi connectivity index (χ3v) is 8.45. The number of aryl methyl sites for hydroxylation is 1. The average Bonchev–Trinajstić information content (AvgIpc) is 3.75. The summed E-state index contributed by atoms with van der Waals surface area (Å²) in [4.78, 5) is 40.6. The molecule has 2 N–H and O–H groups in total. The minimum atomic E-state index is -0.493. The van der Waals surface area contributed by atoms with E-state index in [1.54, 1.807) is 15.8 Å². The van der Waals surface area contributed by atoms with Crippen LogP contribution in [0, 0.1) is 6.92 Å². The van der Waals surface area contributed by atoms with Crippen LogP contribution >= 0.6 is 22.9 Å². The van der Waals surface area contributed by atoms with E-state index in [9.17, 15) is 9.59 Å². The number of hydrogen-bond acceptors (Lipinski definition) is 8. The molecular weight excluding hydrogens is 612 g/mol. The summed E-state index contributed by atoms with van der Waals surface area (Å²) in [6.07, 6.45) is 6.14. The van der Waals surface area contributed by atoms with Crippen molar-refractivity contribution in [3.63, 3.8) is 0 Å². The molecule has 0 spiro atoms. The number of carbonyl (C=O) groups is 2. The van der Waals surface area contributed by atoms with Crippen molar-refractivity contribution in [3.05, 3.63) is 83.4 Å². The third kappa shape index (κ3) is 6.81. The van der Waals surface area contributed by atoms with Crippen LogP contribution in [0.25, 0.3) is 16.1 Å². The molecule has 5 aromatic rings. The van der Waals surface area contributed by atoms with Crippen molar-refractivity contribution in [1.29, 1.82) is 0 Å². The van der Waals surface area contributed by atoms with Crippen molar-refractivity contribution >= 4 is 51.5 Å². The summed E-state index contributed by atoms with van der Waals surface area (Å²) >= 11 is 8.01. The molecule has 1 saturated heterocycles. The standard InChI is InChI=1S/C32H31ClN8O3S/c1-19-7-12-24(23(33)14-19)41-27(15-26(39-41)32(2,3)4)38-29(43)37-21-16-34-30(35-17-21)44-22-10-8-20(9-11-22)25-18-36-31(45-25)40-13-5-6-28(40)42/h7-12,14-18H,5-6,13H2,1-4H3,(H2,37,38,43). The topological polar surface area (TPSA) is 127 Å². The molecule has 3 aromatic heterocycles. The van der Waals surface area contributed by atoms with E-state index in [-0.39, 0.29) is 17.3 Å². The van der Waals surface area contributed by atoms with Gasteiger partial charge in [-0.05, 0) is 60.9 Å². The number of hydrogen-bond donors (Lipinski definition) is 2. The summed E-state index contributed by atoms with van der Waals surface area (Å²) < 4.78 is 7.43. The Kier molecular flexibility index (Phi) is 8.26. The van der Waals surface area contributed by atoms with E-state index in [4.69, 9.17) is 21.4 Å². The normalized spacial score (nSPS) is 13.3. The molecule has 1 aliphatic heterocycles. The molecule has 1 aliphatic rings. The monoisotopic (exact) mass is 642 g/mol. The number of nitrogens with one attached hydrogen (secondary N) is 2. The highest BCUT2D eigenvalue weighted by atomic mass is 35.5. The first-order chi connectivity index (χ1) is 21.5. The Hall–Kier alpha value is -4.81. The van der Waals surface area contributed by atoms with Crippen LogP contribution in [0.5, 0.6) is 11.8 Å². The lowest BCUT2D eigenvalue weighted by molar-refractivity contribution is -0.117. The van der Waals surface area contributed by atoms with Gasteiger partial charge in [0.2, 0.25) is 5.91 Å². The zero-order valence-corrected chi connectivity index (χ0v) is 26.7. The summed E-state index contributed by atoms with van der Waals surface area (Å²) in [6, 6.07) is 14.6. The zero-order chi connectivity index (χ0) is 31.7. The molecule has 0 aliphatic carbocycles. The van der Waals surface area contributed by atoms with Crippen molar-refractivity contribution < 1.29 is 14.3 Å². The number of rotatable bonds is 7. The fourth-order valence-electron chi connectivity index (χ4n) is 4.68. The Morgan fingerprint density at radius 2 is 1.76 bits per heavy atom. The SMILES string of the molecule is Cc1ccc(-n2nc(C(C)(C)C)cc2NC(=O)Nc2cnc(Oc3ccc(-c4cnc(N5CCCC5=O)s4)cc3)nc2)c(Cl)c1. The van der Waals surface area contributed by atoms with Crippen LogP contribution in [0.15, 0.2) is 67.1 Å². The Labute approximate surface area is 269 Å². The number of urea groups is 1. The quantitative estimate of drug-likeness (QED) is 0.187. The van der Waals surface area contributed by atoms with E-state index >= 15 is 0 Å². The lowest BCUT2D eigenvalue weighted by atomic mass is 9.92. The number of aromatic nitrogens is 5. The molecule has 0 saturated carbocycles. The van der Waals surface area contributed by atoms with Crippen molar-refractivity contribution in [3.8, 4) is 27.9 Å². The highest BCUT2D eigenvalue weighted by molar-refractivity contribution is 7.19. The summed E-state index contributed by atoms with van der Waals surface area (Å²) in [5, 5.41) is 11.6. The molecule has 3 amide bonds. The van der Waals surface area contributed by atoms with E-state index in [0.29, 0.717) is 40.9 Å². The first kappa shape index (κ1) is 30.2. The van der Waals surface area contributed by atoms with Gasteiger partial charge in [-0.2, -0.15) is 5.10 Å². The van der Waals surface area contributed by atoms with Crippen LogP contribution < -0.4 is 20.3 Å². The first-order valence-corrected chi connectivity index (χ1v) is 15.5. The van der Waals surface area contributed by atoms with Gasteiger partial charge in [0.1, 0.15) is 11.6 Å². The summed E-state index contributed by atoms with van der Waals surface area (Å²) in [5.74, 6) is 1.13. The van der Waals surface area contributed by atoms with Crippen LogP contribution in [0.3, 0.4) is 0 Å². The average molecular weight is 643 g/mol. The maximum atomic E-state index is 13.0. The second kappa shape index (κ2) is 12.3. The van der Waals surface area contributed by atoms with Crippen LogP contribution in [0.4, 0.5) is 21.4 Å². The molecule has 0 radical (unpaired) electrons. The molecular formula is C32H31ClN8O3S. The molecule has 4 heterocycles.